The van der Waals surface area contributed by atoms with Gasteiger partial charge in [-0.25, -0.2) is 9.67 Å². The molecule has 0 aliphatic rings. The zero-order valence-electron chi connectivity index (χ0n) is 14.0. The third-order valence-corrected chi connectivity index (χ3v) is 3.67. The number of hydrogen-bond donors (Lipinski definition) is 1. The normalized spacial score (nSPS) is 10.8. The molecule has 0 aliphatic carbocycles. The Bertz CT molecular complexity index is 1040. The minimum Gasteiger partial charge on any atom is -0.319 e. The van der Waals surface area contributed by atoms with Crippen molar-refractivity contribution in [2.45, 2.75) is 6.92 Å². The molecule has 4 aromatic heterocycles. The van der Waals surface area contributed by atoms with Crippen LogP contribution in [-0.2, 0) is 7.05 Å². The van der Waals surface area contributed by atoms with Gasteiger partial charge in [0.15, 0.2) is 11.5 Å². The summed E-state index contributed by atoms with van der Waals surface area (Å²) in [7, 11) is 1.80. The van der Waals surface area contributed by atoms with Crippen molar-refractivity contribution < 1.29 is 4.79 Å². The van der Waals surface area contributed by atoms with Gasteiger partial charge < -0.3 is 5.32 Å². The van der Waals surface area contributed by atoms with Crippen LogP contribution in [0.25, 0.3) is 11.5 Å². The summed E-state index contributed by atoms with van der Waals surface area (Å²) in [6, 6.07) is 3.42. The van der Waals surface area contributed by atoms with Gasteiger partial charge in [0.25, 0.3) is 5.91 Å². The second-order valence-electron chi connectivity index (χ2n) is 5.49. The zero-order valence-corrected chi connectivity index (χ0v) is 14.0. The van der Waals surface area contributed by atoms with Gasteiger partial charge in [0.1, 0.15) is 5.69 Å². The monoisotopic (exact) mass is 350 g/mol. The molecule has 4 aromatic rings. The van der Waals surface area contributed by atoms with Crippen LogP contribution < -0.4 is 5.32 Å². The number of nitrogens with one attached hydrogen (secondary N) is 1. The van der Waals surface area contributed by atoms with Gasteiger partial charge in [-0.1, -0.05) is 5.21 Å². The topological polar surface area (TPSA) is 121 Å². The summed E-state index contributed by atoms with van der Waals surface area (Å²) in [5.41, 5.74) is 2.10. The zero-order chi connectivity index (χ0) is 18.1. The Morgan fingerprint density at radius 2 is 1.92 bits per heavy atom. The first-order valence-electron chi connectivity index (χ1n) is 7.67. The van der Waals surface area contributed by atoms with Gasteiger partial charge in [-0.2, -0.15) is 15.3 Å². The van der Waals surface area contributed by atoms with Crippen LogP contribution in [0.2, 0.25) is 0 Å². The second-order valence-corrected chi connectivity index (χ2v) is 5.49. The summed E-state index contributed by atoms with van der Waals surface area (Å²) >= 11 is 0. The maximum atomic E-state index is 12.5. The van der Waals surface area contributed by atoms with Crippen LogP contribution >= 0.6 is 0 Å². The van der Waals surface area contributed by atoms with Crippen molar-refractivity contribution in [3.63, 3.8) is 0 Å². The summed E-state index contributed by atoms with van der Waals surface area (Å²) < 4.78 is 3.21. The number of amides is 1. The Kier molecular flexibility index (Phi) is 3.73. The lowest BCUT2D eigenvalue weighted by Gasteiger charge is -2.05. The first-order valence-corrected chi connectivity index (χ1v) is 7.67. The summed E-state index contributed by atoms with van der Waals surface area (Å²) in [4.78, 5) is 18.1. The van der Waals surface area contributed by atoms with Crippen LogP contribution in [0.3, 0.4) is 0 Å². The average molecular weight is 350 g/mol. The molecule has 11 nitrogen and oxygen atoms in total. The molecule has 1 amide bonds. The number of aromatic nitrogens is 9. The van der Waals surface area contributed by atoms with Gasteiger partial charge in [-0.3, -0.25) is 9.48 Å². The number of anilines is 1. The highest BCUT2D eigenvalue weighted by atomic mass is 16.2. The number of hydrogen-bond acceptors (Lipinski definition) is 7. The van der Waals surface area contributed by atoms with Crippen molar-refractivity contribution in [1.82, 2.24) is 44.8 Å². The summed E-state index contributed by atoms with van der Waals surface area (Å²) in [6.45, 7) is 1.77. The third-order valence-electron chi connectivity index (χ3n) is 3.67. The molecule has 0 unspecified atom stereocenters. The molecule has 1 N–H and O–H groups in total. The van der Waals surface area contributed by atoms with Crippen LogP contribution in [0.15, 0.2) is 43.1 Å². The van der Waals surface area contributed by atoms with E-state index in [0.29, 0.717) is 17.2 Å². The van der Waals surface area contributed by atoms with Crippen molar-refractivity contribution in [2.24, 2.45) is 7.05 Å². The molecule has 0 aromatic carbocycles. The van der Waals surface area contributed by atoms with Crippen LogP contribution in [0.4, 0.5) is 5.69 Å². The molecule has 130 valence electrons. The van der Waals surface area contributed by atoms with E-state index in [0.717, 1.165) is 5.69 Å². The fourth-order valence-corrected chi connectivity index (χ4v) is 2.40. The Balaban J connectivity index is 1.53. The van der Waals surface area contributed by atoms with E-state index in [-0.39, 0.29) is 11.6 Å². The molecule has 0 radical (unpaired) electrons. The van der Waals surface area contributed by atoms with Crippen molar-refractivity contribution in [2.75, 3.05) is 5.32 Å². The van der Waals surface area contributed by atoms with Crippen molar-refractivity contribution in [3.8, 4) is 11.5 Å². The molecule has 0 aliphatic heterocycles. The Labute approximate surface area is 147 Å². The molecule has 0 saturated carbocycles. The molecule has 0 fully saturated rings. The van der Waals surface area contributed by atoms with E-state index in [2.05, 4.69) is 35.9 Å². The predicted molar refractivity (Wildman–Crippen MR) is 90.0 cm³/mol. The smallest absolute Gasteiger partial charge is 0.278 e. The Morgan fingerprint density at radius 1 is 1.12 bits per heavy atom. The third kappa shape index (κ3) is 2.81. The number of carbonyl (C=O) groups excluding carboxylic acids is 1. The average Bonchev–Trinajstić information content (AvgIpc) is 3.36. The number of rotatable bonds is 4. The maximum absolute atomic E-state index is 12.5. The van der Waals surface area contributed by atoms with E-state index in [9.17, 15) is 4.79 Å². The highest BCUT2D eigenvalue weighted by Crippen LogP contribution is 2.14. The van der Waals surface area contributed by atoms with Gasteiger partial charge in [-0.05, 0) is 19.1 Å². The van der Waals surface area contributed by atoms with Gasteiger partial charge >= 0.3 is 0 Å². The summed E-state index contributed by atoms with van der Waals surface area (Å²) in [6.07, 6.45) is 8.08. The second kappa shape index (κ2) is 6.20. The lowest BCUT2D eigenvalue weighted by atomic mass is 10.3. The highest BCUT2D eigenvalue weighted by Gasteiger charge is 2.18. The molecular weight excluding hydrogens is 336 g/mol. The number of nitrogens with zero attached hydrogens (tertiary/aromatic N) is 9. The first kappa shape index (κ1) is 15.6. The quantitative estimate of drug-likeness (QED) is 0.570. The first-order chi connectivity index (χ1) is 12.6. The fourth-order valence-electron chi connectivity index (χ4n) is 2.40. The molecule has 4 rings (SSSR count). The van der Waals surface area contributed by atoms with Gasteiger partial charge in [0.05, 0.1) is 42.4 Å². The molecule has 11 heteroatoms. The van der Waals surface area contributed by atoms with Gasteiger partial charge in [0.2, 0.25) is 0 Å². The highest BCUT2D eigenvalue weighted by molar-refractivity contribution is 6.03. The minimum atomic E-state index is -0.371. The molecule has 0 bridgehead atoms. The van der Waals surface area contributed by atoms with Gasteiger partial charge in [0, 0.05) is 7.05 Å². The lowest BCUT2D eigenvalue weighted by molar-refractivity contribution is 0.102. The maximum Gasteiger partial charge on any atom is 0.278 e. The van der Waals surface area contributed by atoms with Crippen LogP contribution in [-0.4, -0.2) is 50.7 Å². The minimum absolute atomic E-state index is 0.228. The molecule has 0 atom stereocenters. The number of aryl methyl sites for hydroxylation is 1. The summed E-state index contributed by atoms with van der Waals surface area (Å²) in [5.74, 6) is 0.177. The number of carbonyl (C=O) groups is 1. The Hall–Kier alpha value is -3.89. The largest absolute Gasteiger partial charge is 0.319 e. The van der Waals surface area contributed by atoms with Crippen molar-refractivity contribution in [1.29, 1.82) is 0 Å². The molecular formula is C15H14N10O. The van der Waals surface area contributed by atoms with Crippen molar-refractivity contribution >= 4 is 11.6 Å². The number of pyridine rings is 1. The molecule has 26 heavy (non-hydrogen) atoms. The molecule has 0 saturated heterocycles. The van der Waals surface area contributed by atoms with E-state index >= 15 is 0 Å². The Morgan fingerprint density at radius 3 is 2.58 bits per heavy atom. The van der Waals surface area contributed by atoms with Gasteiger partial charge in [-0.15, -0.1) is 9.90 Å². The molecule has 0 spiro atoms. The van der Waals surface area contributed by atoms with E-state index < -0.39 is 0 Å². The fraction of sp³-hybridized carbons (Fsp3) is 0.133. The van der Waals surface area contributed by atoms with E-state index in [1.807, 2.05) is 0 Å². The molecule has 4 heterocycles. The van der Waals surface area contributed by atoms with Crippen molar-refractivity contribution in [3.05, 3.63) is 54.5 Å². The lowest BCUT2D eigenvalue weighted by Crippen LogP contribution is -2.14. The predicted octanol–water partition coefficient (Wildman–Crippen LogP) is 0.537. The standard InChI is InChI=1S/C15H14N10O/c1-10-14(21-22-24(10)12-8-19-23(2)9-12)15(26)20-11-3-4-13(16-7-11)25-17-5-6-18-25/h3-9H,1-2H3,(H,20,26). The van der Waals surface area contributed by atoms with E-state index in [4.69, 9.17) is 0 Å². The summed E-state index contributed by atoms with van der Waals surface area (Å²) in [5, 5.41) is 22.8. The van der Waals surface area contributed by atoms with Crippen LogP contribution in [0.5, 0.6) is 0 Å². The van der Waals surface area contributed by atoms with E-state index in [1.54, 1.807) is 60.3 Å². The van der Waals surface area contributed by atoms with E-state index in [1.165, 1.54) is 11.0 Å². The van der Waals surface area contributed by atoms with Crippen LogP contribution in [0.1, 0.15) is 16.2 Å². The SMILES string of the molecule is Cc1c(C(=O)Nc2ccc(-n3nccn3)nc2)nnn1-c1cnn(C)c1. The van der Waals surface area contributed by atoms with Crippen LogP contribution in [0, 0.1) is 6.92 Å².